The van der Waals surface area contributed by atoms with Gasteiger partial charge in [0.15, 0.2) is 5.79 Å². The summed E-state index contributed by atoms with van der Waals surface area (Å²) >= 11 is 0. The van der Waals surface area contributed by atoms with Crippen molar-refractivity contribution < 1.29 is 19.0 Å². The first-order valence-electron chi connectivity index (χ1n) is 8.12. The quantitative estimate of drug-likeness (QED) is 0.329. The number of hydrogen-bond donors (Lipinski definition) is 0. The van der Waals surface area contributed by atoms with Gasteiger partial charge in [0.1, 0.15) is 12.7 Å². The van der Waals surface area contributed by atoms with Gasteiger partial charge in [-0.15, -0.1) is 6.58 Å². The van der Waals surface area contributed by atoms with Gasteiger partial charge < -0.3 is 14.2 Å². The van der Waals surface area contributed by atoms with Gasteiger partial charge in [0, 0.05) is 6.42 Å². The SMILES string of the molecule is C=CCCCCCCCCC(=O)OC[C@@H]1COC(C)(C)O1. The van der Waals surface area contributed by atoms with Crippen LogP contribution in [0, 0.1) is 0 Å². The van der Waals surface area contributed by atoms with Gasteiger partial charge in [0.2, 0.25) is 0 Å². The van der Waals surface area contributed by atoms with Crippen molar-refractivity contribution in [1.82, 2.24) is 0 Å². The van der Waals surface area contributed by atoms with E-state index in [-0.39, 0.29) is 12.1 Å². The van der Waals surface area contributed by atoms with E-state index in [0.717, 1.165) is 19.3 Å². The molecule has 0 amide bonds. The normalized spacial score (nSPS) is 20.4. The summed E-state index contributed by atoms with van der Waals surface area (Å²) < 4.78 is 16.2. The molecule has 122 valence electrons. The van der Waals surface area contributed by atoms with Gasteiger partial charge in [-0.1, -0.05) is 31.8 Å². The fourth-order valence-electron chi connectivity index (χ4n) is 2.37. The predicted octanol–water partition coefficient (Wildman–Crippen LogP) is 3.99. The summed E-state index contributed by atoms with van der Waals surface area (Å²) in [5.74, 6) is -0.683. The molecule has 21 heavy (non-hydrogen) atoms. The molecule has 0 bridgehead atoms. The Kier molecular flexibility index (Phi) is 8.62. The van der Waals surface area contributed by atoms with Crippen molar-refractivity contribution in [2.24, 2.45) is 0 Å². The molecule has 0 aromatic carbocycles. The molecule has 1 rings (SSSR count). The molecular weight excluding hydrogens is 268 g/mol. The van der Waals surface area contributed by atoms with Crippen molar-refractivity contribution in [3.8, 4) is 0 Å². The van der Waals surface area contributed by atoms with Gasteiger partial charge in [-0.05, 0) is 33.1 Å². The maximum absolute atomic E-state index is 11.6. The Morgan fingerprint density at radius 2 is 1.90 bits per heavy atom. The van der Waals surface area contributed by atoms with E-state index in [1.165, 1.54) is 25.7 Å². The van der Waals surface area contributed by atoms with Crippen LogP contribution in [0.25, 0.3) is 0 Å². The van der Waals surface area contributed by atoms with Crippen molar-refractivity contribution in [3.05, 3.63) is 12.7 Å². The second-order valence-electron chi connectivity index (χ2n) is 6.08. The summed E-state index contributed by atoms with van der Waals surface area (Å²) in [7, 11) is 0. The van der Waals surface area contributed by atoms with Crippen LogP contribution in [-0.2, 0) is 19.0 Å². The average Bonchev–Trinajstić information content (AvgIpc) is 2.79. The molecule has 0 aromatic heterocycles. The van der Waals surface area contributed by atoms with Crippen molar-refractivity contribution in [3.63, 3.8) is 0 Å². The highest BCUT2D eigenvalue weighted by Crippen LogP contribution is 2.22. The molecular formula is C17H30O4. The highest BCUT2D eigenvalue weighted by molar-refractivity contribution is 5.69. The molecule has 1 aliphatic heterocycles. The third-order valence-corrected chi connectivity index (χ3v) is 3.54. The van der Waals surface area contributed by atoms with Crippen molar-refractivity contribution in [1.29, 1.82) is 0 Å². The lowest BCUT2D eigenvalue weighted by atomic mass is 10.1. The zero-order valence-corrected chi connectivity index (χ0v) is 13.6. The minimum Gasteiger partial charge on any atom is -0.463 e. The molecule has 4 nitrogen and oxygen atoms in total. The summed E-state index contributed by atoms with van der Waals surface area (Å²) in [6, 6.07) is 0. The number of rotatable bonds is 11. The van der Waals surface area contributed by atoms with Gasteiger partial charge >= 0.3 is 5.97 Å². The second kappa shape index (κ2) is 9.96. The Hall–Kier alpha value is -0.870. The number of unbranched alkanes of at least 4 members (excludes halogenated alkanes) is 6. The lowest BCUT2D eigenvalue weighted by Gasteiger charge is -2.16. The summed E-state index contributed by atoms with van der Waals surface area (Å²) in [6.07, 6.45) is 10.4. The lowest BCUT2D eigenvalue weighted by Crippen LogP contribution is -2.25. The highest BCUT2D eigenvalue weighted by Gasteiger charge is 2.33. The zero-order valence-electron chi connectivity index (χ0n) is 13.6. The van der Waals surface area contributed by atoms with Gasteiger partial charge in [-0.25, -0.2) is 0 Å². The summed E-state index contributed by atoms with van der Waals surface area (Å²) in [6.45, 7) is 8.23. The van der Waals surface area contributed by atoms with Gasteiger partial charge in [-0.2, -0.15) is 0 Å². The van der Waals surface area contributed by atoms with E-state index in [4.69, 9.17) is 14.2 Å². The third-order valence-electron chi connectivity index (χ3n) is 3.54. The van der Waals surface area contributed by atoms with Crippen LogP contribution in [0.3, 0.4) is 0 Å². The molecule has 1 aliphatic rings. The molecule has 0 aromatic rings. The molecule has 1 heterocycles. The van der Waals surface area contributed by atoms with E-state index >= 15 is 0 Å². The number of esters is 1. The number of carbonyl (C=O) groups excluding carboxylic acids is 1. The Morgan fingerprint density at radius 3 is 2.52 bits per heavy atom. The molecule has 0 spiro atoms. The zero-order chi connectivity index (χ0) is 15.6. The Bertz CT molecular complexity index is 312. The minimum absolute atomic E-state index is 0.130. The number of hydrogen-bond acceptors (Lipinski definition) is 4. The first kappa shape index (κ1) is 18.2. The van der Waals surface area contributed by atoms with Crippen LogP contribution in [0.5, 0.6) is 0 Å². The first-order valence-corrected chi connectivity index (χ1v) is 8.12. The van der Waals surface area contributed by atoms with Crippen LogP contribution in [0.1, 0.15) is 65.2 Å². The molecule has 0 unspecified atom stereocenters. The van der Waals surface area contributed by atoms with E-state index in [1.54, 1.807) is 0 Å². The molecule has 0 saturated carbocycles. The fraction of sp³-hybridized carbons (Fsp3) is 0.824. The molecule has 1 atom stereocenters. The molecule has 0 radical (unpaired) electrons. The standard InChI is InChI=1S/C17H30O4/c1-4-5-6-7-8-9-10-11-12-16(18)19-13-15-14-20-17(2,3)21-15/h4,15H,1,5-14H2,2-3H3/t15-/m1/s1. The third kappa shape index (κ3) is 8.89. The van der Waals surface area contributed by atoms with Gasteiger partial charge in [-0.3, -0.25) is 4.79 Å². The fourth-order valence-corrected chi connectivity index (χ4v) is 2.37. The van der Waals surface area contributed by atoms with Crippen LogP contribution in [0.15, 0.2) is 12.7 Å². The van der Waals surface area contributed by atoms with Crippen molar-refractivity contribution in [2.75, 3.05) is 13.2 Å². The Labute approximate surface area is 128 Å². The Morgan fingerprint density at radius 1 is 1.24 bits per heavy atom. The first-order chi connectivity index (χ1) is 10.0. The number of carbonyl (C=O) groups is 1. The van der Waals surface area contributed by atoms with Crippen molar-refractivity contribution >= 4 is 5.97 Å². The maximum atomic E-state index is 11.6. The van der Waals surface area contributed by atoms with Gasteiger partial charge in [0.05, 0.1) is 6.61 Å². The van der Waals surface area contributed by atoms with Crippen LogP contribution in [0.2, 0.25) is 0 Å². The largest absolute Gasteiger partial charge is 0.463 e. The summed E-state index contributed by atoms with van der Waals surface area (Å²) in [5, 5.41) is 0. The van der Waals surface area contributed by atoms with Gasteiger partial charge in [0.25, 0.3) is 0 Å². The number of allylic oxidation sites excluding steroid dienone is 1. The minimum atomic E-state index is -0.553. The smallest absolute Gasteiger partial charge is 0.305 e. The summed E-state index contributed by atoms with van der Waals surface area (Å²) in [4.78, 5) is 11.6. The van der Waals surface area contributed by atoms with E-state index in [0.29, 0.717) is 19.6 Å². The molecule has 1 saturated heterocycles. The molecule has 0 aliphatic carbocycles. The second-order valence-corrected chi connectivity index (χ2v) is 6.08. The van der Waals surface area contributed by atoms with Crippen LogP contribution in [-0.4, -0.2) is 31.1 Å². The molecule has 4 heteroatoms. The van der Waals surface area contributed by atoms with E-state index < -0.39 is 5.79 Å². The van der Waals surface area contributed by atoms with Crippen LogP contribution in [0.4, 0.5) is 0 Å². The Balaban J connectivity index is 1.91. The maximum Gasteiger partial charge on any atom is 0.305 e. The molecule has 1 fully saturated rings. The van der Waals surface area contributed by atoms with E-state index in [1.807, 2.05) is 19.9 Å². The molecule has 0 N–H and O–H groups in total. The monoisotopic (exact) mass is 298 g/mol. The lowest BCUT2D eigenvalue weighted by molar-refractivity contribution is -0.158. The van der Waals surface area contributed by atoms with Crippen molar-refractivity contribution in [2.45, 2.75) is 77.1 Å². The predicted molar refractivity (Wildman–Crippen MR) is 83.0 cm³/mol. The van der Waals surface area contributed by atoms with Crippen LogP contribution < -0.4 is 0 Å². The summed E-state index contributed by atoms with van der Waals surface area (Å²) in [5.41, 5.74) is 0. The average molecular weight is 298 g/mol. The van der Waals surface area contributed by atoms with E-state index in [2.05, 4.69) is 6.58 Å². The number of ether oxygens (including phenoxy) is 3. The topological polar surface area (TPSA) is 44.8 Å². The highest BCUT2D eigenvalue weighted by atomic mass is 16.7. The van der Waals surface area contributed by atoms with Crippen LogP contribution >= 0.6 is 0 Å². The van der Waals surface area contributed by atoms with E-state index in [9.17, 15) is 4.79 Å².